The molecule has 0 aromatic heterocycles. The van der Waals surface area contributed by atoms with E-state index in [1.54, 1.807) is 0 Å². The van der Waals surface area contributed by atoms with Gasteiger partial charge >= 0.3 is 57.2 Å². The fraction of sp³-hybridized carbons (Fsp3) is 0. The Morgan fingerprint density at radius 3 is 1.43 bits per heavy atom. The number of hydrogen-bond donors (Lipinski definition) is 0. The molecule has 0 heterocycles. The smallest absolute Gasteiger partial charge is 0.780 e. The predicted octanol–water partition coefficient (Wildman–Crippen LogP) is -4.00. The van der Waals surface area contributed by atoms with Crippen LogP contribution in [0.5, 0.6) is 0 Å². The van der Waals surface area contributed by atoms with Crippen molar-refractivity contribution < 1.29 is 70.5 Å². The second-order valence-corrected chi connectivity index (χ2v) is 2.45. The fourth-order valence-electron chi connectivity index (χ4n) is 0. The van der Waals surface area contributed by atoms with Gasteiger partial charge in [0.2, 0.25) is 0 Å². The van der Waals surface area contributed by atoms with Gasteiger partial charge in [0.05, 0.1) is 0 Å². The van der Waals surface area contributed by atoms with E-state index in [4.69, 9.17) is 13.3 Å². The van der Waals surface area contributed by atoms with Crippen molar-refractivity contribution in [1.29, 1.82) is 0 Å². The molecule has 0 atom stereocenters. The maximum absolute atomic E-state index is 8.89. The Morgan fingerprint density at radius 1 is 1.43 bits per heavy atom. The van der Waals surface area contributed by atoms with E-state index in [1.807, 2.05) is 0 Å². The Kier molecular flexibility index (Phi) is 14.6. The Balaban J connectivity index is -0.0000000800. The van der Waals surface area contributed by atoms with Crippen LogP contribution < -0.4 is 29.6 Å². The van der Waals surface area contributed by atoms with Gasteiger partial charge in [-0.05, 0) is 11.2 Å². The average molecular weight is 336 g/mol. The van der Waals surface area contributed by atoms with E-state index in [9.17, 15) is 0 Å². The van der Waals surface area contributed by atoms with Crippen molar-refractivity contribution in [2.45, 2.75) is 0 Å². The molecule has 3 nitrogen and oxygen atoms in total. The van der Waals surface area contributed by atoms with E-state index in [0.29, 0.717) is 0 Å². The first-order valence-corrected chi connectivity index (χ1v) is 3.00. The Labute approximate surface area is 89.4 Å². The van der Waals surface area contributed by atoms with E-state index >= 15 is 0 Å². The molecule has 7 heteroatoms. The first-order valence-electron chi connectivity index (χ1n) is 0.667. The Bertz CT molecular complexity index is 96.1. The molecule has 0 aliphatic heterocycles. The normalized spacial score (nSPS) is 8.29. The monoisotopic (exact) mass is 337 g/mol. The second-order valence-electron chi connectivity index (χ2n) is 0.408. The summed E-state index contributed by atoms with van der Waals surface area (Å²) in [4.78, 5) is 0. The minimum absolute atomic E-state index is 0. The summed E-state index contributed by atoms with van der Waals surface area (Å²) in [7, 11) is -4.33. The average Bonchev–Trinajstić information content (AvgIpc) is 0.722. The van der Waals surface area contributed by atoms with Crippen LogP contribution >= 0.6 is 0 Å². The standard InChI is InChI=1S/Hg.Na.H2O3S2/c;;1-5(2,3)4/h;;(H2,1,2,3,4)/q2*+1;/p-2. The van der Waals surface area contributed by atoms with Gasteiger partial charge in [0.1, 0.15) is 0 Å². The zero-order chi connectivity index (χ0) is 4.50. The molecule has 0 aliphatic rings. The summed E-state index contributed by atoms with van der Waals surface area (Å²) in [6.45, 7) is 0. The van der Waals surface area contributed by atoms with Crippen LogP contribution in [-0.2, 0) is 47.9 Å². The third kappa shape index (κ3) is 64.4. The van der Waals surface area contributed by atoms with Crippen LogP contribution in [0, 0.1) is 0 Å². The maximum atomic E-state index is 8.89. The quantitative estimate of drug-likeness (QED) is 0.423. The summed E-state index contributed by atoms with van der Waals surface area (Å²) in [6.07, 6.45) is 0. The van der Waals surface area contributed by atoms with Gasteiger partial charge in [-0.2, -0.15) is 0 Å². The molecule has 0 aliphatic carbocycles. The van der Waals surface area contributed by atoms with E-state index < -0.39 is 9.05 Å². The largest absolute Gasteiger partial charge is 1.00 e. The number of hydrogen-bond acceptors (Lipinski definition) is 4. The first kappa shape index (κ1) is 16.1. The summed E-state index contributed by atoms with van der Waals surface area (Å²) in [6, 6.07) is 0. The topological polar surface area (TPSA) is 63.2 Å². The van der Waals surface area contributed by atoms with Crippen molar-refractivity contribution in [3.05, 3.63) is 0 Å². The van der Waals surface area contributed by atoms with Crippen molar-refractivity contribution in [1.82, 2.24) is 0 Å². The third-order valence-corrected chi connectivity index (χ3v) is 0. The fourth-order valence-corrected chi connectivity index (χ4v) is 0. The van der Waals surface area contributed by atoms with Crippen LogP contribution in [0.3, 0.4) is 0 Å². The molecule has 7 heavy (non-hydrogen) atoms. The van der Waals surface area contributed by atoms with Gasteiger partial charge in [-0.1, -0.05) is 0 Å². The SMILES string of the molecule is O=S([O-])([O-])=S.[Hg+].[Na+]. The zero-order valence-electron chi connectivity index (χ0n) is 3.75. The van der Waals surface area contributed by atoms with Crippen molar-refractivity contribution in [3.8, 4) is 0 Å². The molecule has 0 unspecified atom stereocenters. The Morgan fingerprint density at radius 2 is 1.43 bits per heavy atom. The summed E-state index contributed by atoms with van der Waals surface area (Å²) >= 11 is 3.24. The maximum Gasteiger partial charge on any atom is 1.00 e. The van der Waals surface area contributed by atoms with Crippen LogP contribution in [0.4, 0.5) is 0 Å². The van der Waals surface area contributed by atoms with Gasteiger partial charge in [0.15, 0.2) is 0 Å². The first-order chi connectivity index (χ1) is 2.00. The second kappa shape index (κ2) is 6.35. The van der Waals surface area contributed by atoms with Gasteiger partial charge in [0, 0.05) is 0 Å². The third-order valence-electron chi connectivity index (χ3n) is 0. The summed E-state index contributed by atoms with van der Waals surface area (Å²) < 4.78 is 26.7. The van der Waals surface area contributed by atoms with E-state index in [-0.39, 0.29) is 57.2 Å². The van der Waals surface area contributed by atoms with Crippen molar-refractivity contribution in [2.24, 2.45) is 0 Å². The minimum atomic E-state index is -4.33. The van der Waals surface area contributed by atoms with Crippen molar-refractivity contribution in [3.63, 3.8) is 0 Å². The molecule has 0 saturated carbocycles. The van der Waals surface area contributed by atoms with E-state index in [2.05, 4.69) is 11.2 Å². The van der Waals surface area contributed by atoms with E-state index in [1.165, 1.54) is 0 Å². The van der Waals surface area contributed by atoms with Gasteiger partial charge < -0.3 is 9.11 Å². The van der Waals surface area contributed by atoms with Crippen LogP contribution in [-0.4, -0.2) is 13.3 Å². The van der Waals surface area contributed by atoms with Crippen LogP contribution in [0.15, 0.2) is 0 Å². The number of rotatable bonds is 0. The van der Waals surface area contributed by atoms with Crippen LogP contribution in [0.2, 0.25) is 0 Å². The molecule has 0 aromatic rings. The molecule has 0 amide bonds. The summed E-state index contributed by atoms with van der Waals surface area (Å²) in [5.41, 5.74) is 0. The molecule has 0 rings (SSSR count). The molecule has 0 spiro atoms. The molecule has 0 saturated heterocycles. The van der Waals surface area contributed by atoms with Crippen LogP contribution in [0.25, 0.3) is 0 Å². The molecule has 0 N–H and O–H groups in total. The van der Waals surface area contributed by atoms with Gasteiger partial charge in [-0.25, -0.2) is 0 Å². The molecule has 0 aromatic carbocycles. The predicted molar refractivity (Wildman–Crippen MR) is 17.1 cm³/mol. The zero-order valence-corrected chi connectivity index (χ0v) is 12.9. The van der Waals surface area contributed by atoms with Gasteiger partial charge in [-0.3, -0.25) is 4.21 Å². The molecule has 33 valence electrons. The Hall–Kier alpha value is 2.23. The molecule has 0 fully saturated rings. The molecule has 1 radical (unpaired) electrons. The minimum Gasteiger partial charge on any atom is -0.780 e. The van der Waals surface area contributed by atoms with Crippen molar-refractivity contribution >= 4 is 20.2 Å². The van der Waals surface area contributed by atoms with Crippen molar-refractivity contribution in [2.75, 3.05) is 0 Å². The van der Waals surface area contributed by atoms with E-state index in [0.717, 1.165) is 0 Å². The van der Waals surface area contributed by atoms with Crippen LogP contribution in [0.1, 0.15) is 0 Å². The summed E-state index contributed by atoms with van der Waals surface area (Å²) in [5, 5.41) is 0. The summed E-state index contributed by atoms with van der Waals surface area (Å²) in [5.74, 6) is 0. The van der Waals surface area contributed by atoms with Gasteiger partial charge in [-0.15, -0.1) is 9.05 Å². The van der Waals surface area contributed by atoms with Gasteiger partial charge in [0.25, 0.3) is 0 Å². The molecular weight excluding hydrogens is 336 g/mol. The molecular formula is HgNaO3S2. The molecule has 0 bridgehead atoms.